The lowest BCUT2D eigenvalue weighted by Crippen LogP contribution is -2.27. The second kappa shape index (κ2) is 10.6. The fraction of sp³-hybridized carbons (Fsp3) is 0.263. The number of rotatable bonds is 9. The zero-order valence-corrected chi connectivity index (χ0v) is 16.6. The molecule has 0 radical (unpaired) electrons. The van der Waals surface area contributed by atoms with Crippen molar-refractivity contribution in [1.82, 2.24) is 10.3 Å². The molecule has 8 heteroatoms. The predicted octanol–water partition coefficient (Wildman–Crippen LogP) is 4.04. The molecule has 144 valence electrons. The number of hydrogen-bond acceptors (Lipinski definition) is 5. The molecule has 0 saturated heterocycles. The summed E-state index contributed by atoms with van der Waals surface area (Å²) >= 11 is 11.8. The molecule has 0 aliphatic carbocycles. The van der Waals surface area contributed by atoms with E-state index in [9.17, 15) is 4.79 Å². The van der Waals surface area contributed by atoms with Crippen LogP contribution in [0, 0.1) is 0 Å². The number of amides is 1. The zero-order valence-electron chi connectivity index (χ0n) is 15.1. The van der Waals surface area contributed by atoms with Crippen LogP contribution >= 0.6 is 23.2 Å². The number of carbonyl (C=O) groups is 1. The molecular weight excluding hydrogens is 389 g/mol. The molecule has 0 aliphatic heterocycles. The van der Waals surface area contributed by atoms with Crippen molar-refractivity contribution in [1.29, 1.82) is 0 Å². The number of aromatic nitrogens is 1. The van der Waals surface area contributed by atoms with Crippen molar-refractivity contribution < 1.29 is 14.3 Å². The topological polar surface area (TPSA) is 72.5 Å². The Kier molecular flexibility index (Phi) is 8.23. The summed E-state index contributed by atoms with van der Waals surface area (Å²) in [6, 6.07) is 7.08. The first-order chi connectivity index (χ1) is 13.0. The van der Waals surface area contributed by atoms with E-state index in [4.69, 9.17) is 32.7 Å². The van der Waals surface area contributed by atoms with Gasteiger partial charge in [-0.3, -0.25) is 4.79 Å². The van der Waals surface area contributed by atoms with Gasteiger partial charge in [-0.25, -0.2) is 4.98 Å². The Morgan fingerprint density at radius 2 is 2.04 bits per heavy atom. The summed E-state index contributed by atoms with van der Waals surface area (Å²) in [5.74, 6) is 1.60. The van der Waals surface area contributed by atoms with Crippen LogP contribution in [0.1, 0.15) is 12.5 Å². The summed E-state index contributed by atoms with van der Waals surface area (Å²) in [5.41, 5.74) is 0.834. The third kappa shape index (κ3) is 6.66. The standard InChI is InChI=1S/C19H21Cl2N3O3/c1-3-27-16-6-4-13(10-17(16)26-2)5-7-18(25)22-8-9-23-19-15(21)11-14(20)12-24-19/h4-7,10-12H,3,8-9H2,1-2H3,(H,22,25)(H,23,24). The van der Waals surface area contributed by atoms with E-state index in [0.29, 0.717) is 47.1 Å². The maximum Gasteiger partial charge on any atom is 0.244 e. The first-order valence-electron chi connectivity index (χ1n) is 8.35. The van der Waals surface area contributed by atoms with Crippen LogP contribution in [-0.2, 0) is 4.79 Å². The molecule has 1 heterocycles. The first-order valence-corrected chi connectivity index (χ1v) is 9.10. The largest absolute Gasteiger partial charge is 0.493 e. The van der Waals surface area contributed by atoms with Crippen molar-refractivity contribution in [3.63, 3.8) is 0 Å². The Hall–Kier alpha value is -2.44. The van der Waals surface area contributed by atoms with Crippen LogP contribution in [-0.4, -0.2) is 37.7 Å². The van der Waals surface area contributed by atoms with E-state index in [2.05, 4.69) is 15.6 Å². The Morgan fingerprint density at radius 1 is 1.22 bits per heavy atom. The van der Waals surface area contributed by atoms with Crippen LogP contribution in [0.5, 0.6) is 11.5 Å². The second-order valence-corrected chi connectivity index (χ2v) is 6.22. The van der Waals surface area contributed by atoms with E-state index in [0.717, 1.165) is 5.56 Å². The van der Waals surface area contributed by atoms with E-state index in [1.54, 1.807) is 19.3 Å². The second-order valence-electron chi connectivity index (χ2n) is 5.38. The van der Waals surface area contributed by atoms with E-state index in [-0.39, 0.29) is 5.91 Å². The van der Waals surface area contributed by atoms with Gasteiger partial charge in [0.15, 0.2) is 11.5 Å². The number of pyridine rings is 1. The van der Waals surface area contributed by atoms with E-state index in [1.165, 1.54) is 12.3 Å². The van der Waals surface area contributed by atoms with E-state index < -0.39 is 0 Å². The van der Waals surface area contributed by atoms with Gasteiger partial charge in [0, 0.05) is 25.4 Å². The molecule has 1 aromatic carbocycles. The molecule has 1 aromatic heterocycles. The van der Waals surface area contributed by atoms with Crippen LogP contribution in [0.4, 0.5) is 5.82 Å². The lowest BCUT2D eigenvalue weighted by Gasteiger charge is -2.09. The number of nitrogens with zero attached hydrogens (tertiary/aromatic N) is 1. The van der Waals surface area contributed by atoms with Gasteiger partial charge in [-0.15, -0.1) is 0 Å². The SMILES string of the molecule is CCOc1ccc(C=CC(=O)NCCNc2ncc(Cl)cc2Cl)cc1OC. The minimum atomic E-state index is -0.209. The Morgan fingerprint density at radius 3 is 2.74 bits per heavy atom. The molecule has 1 amide bonds. The normalized spacial score (nSPS) is 10.7. The van der Waals surface area contributed by atoms with Gasteiger partial charge in [0.1, 0.15) is 5.82 Å². The summed E-state index contributed by atoms with van der Waals surface area (Å²) in [5, 5.41) is 6.70. The number of ether oxygens (including phenoxy) is 2. The Bertz CT molecular complexity index is 813. The maximum absolute atomic E-state index is 11.9. The molecule has 0 atom stereocenters. The number of benzene rings is 1. The molecular formula is C19H21Cl2N3O3. The monoisotopic (exact) mass is 409 g/mol. The number of methoxy groups -OCH3 is 1. The lowest BCUT2D eigenvalue weighted by molar-refractivity contribution is -0.116. The molecule has 0 spiro atoms. The minimum Gasteiger partial charge on any atom is -0.493 e. The molecule has 0 fully saturated rings. The highest BCUT2D eigenvalue weighted by atomic mass is 35.5. The van der Waals surface area contributed by atoms with Gasteiger partial charge in [-0.05, 0) is 36.8 Å². The summed E-state index contributed by atoms with van der Waals surface area (Å²) in [6.45, 7) is 3.35. The van der Waals surface area contributed by atoms with Crippen molar-refractivity contribution in [2.75, 3.05) is 32.1 Å². The van der Waals surface area contributed by atoms with Gasteiger partial charge in [0.2, 0.25) is 5.91 Å². The van der Waals surface area contributed by atoms with Gasteiger partial charge in [-0.1, -0.05) is 29.3 Å². The molecule has 2 rings (SSSR count). The molecule has 0 bridgehead atoms. The summed E-state index contributed by atoms with van der Waals surface area (Å²) < 4.78 is 10.8. The Labute approximate surface area is 168 Å². The third-order valence-corrected chi connectivity index (χ3v) is 3.93. The van der Waals surface area contributed by atoms with Crippen molar-refractivity contribution in [3.05, 3.63) is 52.1 Å². The number of hydrogen-bond donors (Lipinski definition) is 2. The third-order valence-electron chi connectivity index (χ3n) is 3.44. The highest BCUT2D eigenvalue weighted by Gasteiger charge is 2.05. The Balaban J connectivity index is 1.81. The van der Waals surface area contributed by atoms with Gasteiger partial charge >= 0.3 is 0 Å². The van der Waals surface area contributed by atoms with Crippen molar-refractivity contribution >= 4 is 41.0 Å². The zero-order chi connectivity index (χ0) is 19.6. The number of halogens is 2. The predicted molar refractivity (Wildman–Crippen MR) is 109 cm³/mol. The van der Waals surface area contributed by atoms with E-state index >= 15 is 0 Å². The molecule has 6 nitrogen and oxygen atoms in total. The van der Waals surface area contributed by atoms with Crippen molar-refractivity contribution in [2.24, 2.45) is 0 Å². The van der Waals surface area contributed by atoms with Crippen LogP contribution in [0.25, 0.3) is 6.08 Å². The molecule has 27 heavy (non-hydrogen) atoms. The fourth-order valence-corrected chi connectivity index (χ4v) is 2.65. The molecule has 0 unspecified atom stereocenters. The van der Waals surface area contributed by atoms with Crippen LogP contribution in [0.3, 0.4) is 0 Å². The quantitative estimate of drug-likeness (QED) is 0.482. The summed E-state index contributed by atoms with van der Waals surface area (Å²) in [7, 11) is 1.58. The highest BCUT2D eigenvalue weighted by Crippen LogP contribution is 2.28. The minimum absolute atomic E-state index is 0.209. The fourth-order valence-electron chi connectivity index (χ4n) is 2.20. The van der Waals surface area contributed by atoms with Crippen LogP contribution in [0.2, 0.25) is 10.0 Å². The van der Waals surface area contributed by atoms with Crippen molar-refractivity contribution in [3.8, 4) is 11.5 Å². The highest BCUT2D eigenvalue weighted by molar-refractivity contribution is 6.35. The first kappa shape index (κ1) is 20.9. The summed E-state index contributed by atoms with van der Waals surface area (Å²) in [6.07, 6.45) is 4.67. The molecule has 2 N–H and O–H groups in total. The van der Waals surface area contributed by atoms with E-state index in [1.807, 2.05) is 25.1 Å². The number of anilines is 1. The number of nitrogens with one attached hydrogen (secondary N) is 2. The van der Waals surface area contributed by atoms with Gasteiger partial charge in [0.25, 0.3) is 0 Å². The average Bonchev–Trinajstić information content (AvgIpc) is 2.66. The lowest BCUT2D eigenvalue weighted by atomic mass is 10.2. The van der Waals surface area contributed by atoms with Crippen LogP contribution in [0.15, 0.2) is 36.5 Å². The summed E-state index contributed by atoms with van der Waals surface area (Å²) in [4.78, 5) is 16.0. The molecule has 0 aliphatic rings. The number of carbonyl (C=O) groups excluding carboxylic acids is 1. The van der Waals surface area contributed by atoms with Crippen molar-refractivity contribution in [2.45, 2.75) is 6.92 Å². The van der Waals surface area contributed by atoms with Gasteiger partial charge in [0.05, 0.1) is 23.8 Å². The van der Waals surface area contributed by atoms with Gasteiger partial charge < -0.3 is 20.1 Å². The smallest absolute Gasteiger partial charge is 0.244 e. The van der Waals surface area contributed by atoms with Crippen LogP contribution < -0.4 is 20.1 Å². The molecule has 0 saturated carbocycles. The maximum atomic E-state index is 11.9. The average molecular weight is 410 g/mol. The molecule has 2 aromatic rings. The van der Waals surface area contributed by atoms with Gasteiger partial charge in [-0.2, -0.15) is 0 Å².